The Kier molecular flexibility index (Phi) is 4.94. The summed E-state index contributed by atoms with van der Waals surface area (Å²) in [5, 5.41) is 2.95. The van der Waals surface area contributed by atoms with Gasteiger partial charge in [-0.3, -0.25) is 9.59 Å². The number of nitrogens with zero attached hydrogens (tertiary/aromatic N) is 2. The zero-order chi connectivity index (χ0) is 19.7. The number of hydrogen-bond donors (Lipinski definition) is 2. The Morgan fingerprint density at radius 1 is 1.22 bits per heavy atom. The molecule has 0 fully saturated rings. The summed E-state index contributed by atoms with van der Waals surface area (Å²) in [6.07, 6.45) is 3.41. The Balaban J connectivity index is 1.99. The van der Waals surface area contributed by atoms with E-state index in [-0.39, 0.29) is 17.5 Å². The Morgan fingerprint density at radius 2 is 1.89 bits per heavy atom. The molecule has 0 radical (unpaired) electrons. The smallest absolute Gasteiger partial charge is 0.268 e. The van der Waals surface area contributed by atoms with Gasteiger partial charge >= 0.3 is 0 Å². The molecular formula is C20H21FN4O2. The first-order valence-corrected chi connectivity index (χ1v) is 8.53. The number of amides is 1. The highest BCUT2D eigenvalue weighted by molar-refractivity contribution is 6.02. The lowest BCUT2D eigenvalue weighted by Gasteiger charge is -2.19. The standard InChI is InChI=1S/C20H21FN4O2/c1-11-16(13(3)26)12(2)23-17(11)20(27)24-18(19-22-9-10-25(19)4)14-5-7-15(21)8-6-14/h5-10,18,23H,1-4H3,(H,24,27). The molecule has 0 saturated heterocycles. The van der Waals surface area contributed by atoms with Gasteiger partial charge in [-0.05, 0) is 44.0 Å². The predicted octanol–water partition coefficient (Wildman–Crippen LogP) is 3.23. The number of imidazole rings is 1. The summed E-state index contributed by atoms with van der Waals surface area (Å²) < 4.78 is 15.1. The molecule has 0 aliphatic rings. The molecule has 2 aromatic heterocycles. The summed E-state index contributed by atoms with van der Waals surface area (Å²) in [7, 11) is 1.82. The Bertz CT molecular complexity index is 1000. The van der Waals surface area contributed by atoms with Crippen LogP contribution in [-0.4, -0.2) is 26.2 Å². The Labute approximate surface area is 156 Å². The quantitative estimate of drug-likeness (QED) is 0.679. The highest BCUT2D eigenvalue weighted by Crippen LogP contribution is 2.23. The molecule has 1 atom stereocenters. The van der Waals surface area contributed by atoms with Crippen molar-refractivity contribution in [3.63, 3.8) is 0 Å². The van der Waals surface area contributed by atoms with Gasteiger partial charge in [0.25, 0.3) is 5.91 Å². The first kappa shape index (κ1) is 18.6. The van der Waals surface area contributed by atoms with Crippen molar-refractivity contribution in [2.45, 2.75) is 26.8 Å². The first-order chi connectivity index (χ1) is 12.8. The van der Waals surface area contributed by atoms with Gasteiger partial charge in [0.15, 0.2) is 5.78 Å². The number of halogens is 1. The van der Waals surface area contributed by atoms with Crippen molar-refractivity contribution in [1.82, 2.24) is 19.9 Å². The van der Waals surface area contributed by atoms with Crippen LogP contribution >= 0.6 is 0 Å². The number of benzene rings is 1. The van der Waals surface area contributed by atoms with Crippen LogP contribution in [0.5, 0.6) is 0 Å². The van der Waals surface area contributed by atoms with Gasteiger partial charge in [0.1, 0.15) is 23.4 Å². The van der Waals surface area contributed by atoms with E-state index in [0.29, 0.717) is 33.9 Å². The molecule has 0 spiro atoms. The molecule has 6 nitrogen and oxygen atoms in total. The van der Waals surface area contributed by atoms with Crippen LogP contribution in [0.4, 0.5) is 4.39 Å². The summed E-state index contributed by atoms with van der Waals surface area (Å²) >= 11 is 0. The van der Waals surface area contributed by atoms with E-state index >= 15 is 0 Å². The fourth-order valence-corrected chi connectivity index (χ4v) is 3.32. The molecule has 140 valence electrons. The van der Waals surface area contributed by atoms with Gasteiger partial charge < -0.3 is 14.9 Å². The molecule has 0 aliphatic heterocycles. The summed E-state index contributed by atoms with van der Waals surface area (Å²) in [4.78, 5) is 32.1. The highest BCUT2D eigenvalue weighted by atomic mass is 19.1. The molecule has 1 unspecified atom stereocenters. The molecular weight excluding hydrogens is 347 g/mol. The molecule has 3 rings (SSSR count). The van der Waals surface area contributed by atoms with Crippen LogP contribution in [0.25, 0.3) is 0 Å². The Morgan fingerprint density at radius 3 is 2.41 bits per heavy atom. The lowest BCUT2D eigenvalue weighted by atomic mass is 10.0. The van der Waals surface area contributed by atoms with E-state index < -0.39 is 6.04 Å². The second-order valence-electron chi connectivity index (χ2n) is 6.54. The second kappa shape index (κ2) is 7.19. The minimum atomic E-state index is -0.568. The number of carbonyl (C=O) groups excluding carboxylic acids is 2. The van der Waals surface area contributed by atoms with E-state index in [0.717, 1.165) is 0 Å². The van der Waals surface area contributed by atoms with E-state index in [2.05, 4.69) is 15.3 Å². The highest BCUT2D eigenvalue weighted by Gasteiger charge is 2.25. The summed E-state index contributed by atoms with van der Waals surface area (Å²) in [6, 6.07) is 5.35. The van der Waals surface area contributed by atoms with Gasteiger partial charge in [0.2, 0.25) is 0 Å². The van der Waals surface area contributed by atoms with Crippen molar-refractivity contribution < 1.29 is 14.0 Å². The van der Waals surface area contributed by atoms with Crippen LogP contribution in [-0.2, 0) is 7.05 Å². The zero-order valence-corrected chi connectivity index (χ0v) is 15.6. The van der Waals surface area contributed by atoms with Crippen molar-refractivity contribution >= 4 is 11.7 Å². The predicted molar refractivity (Wildman–Crippen MR) is 99.2 cm³/mol. The van der Waals surface area contributed by atoms with Gasteiger partial charge in [-0.1, -0.05) is 12.1 Å². The number of nitrogens with one attached hydrogen (secondary N) is 2. The fraction of sp³-hybridized carbons (Fsp3) is 0.250. The maximum atomic E-state index is 13.3. The molecule has 0 bridgehead atoms. The minimum Gasteiger partial charge on any atom is -0.354 e. The minimum absolute atomic E-state index is 0.0977. The van der Waals surface area contributed by atoms with Gasteiger partial charge in [0, 0.05) is 30.7 Å². The molecule has 7 heteroatoms. The topological polar surface area (TPSA) is 79.8 Å². The van der Waals surface area contributed by atoms with Crippen molar-refractivity contribution in [3.8, 4) is 0 Å². The maximum Gasteiger partial charge on any atom is 0.268 e. The van der Waals surface area contributed by atoms with E-state index in [1.165, 1.54) is 19.1 Å². The molecule has 1 amide bonds. The largest absolute Gasteiger partial charge is 0.354 e. The van der Waals surface area contributed by atoms with Gasteiger partial charge in [0.05, 0.1) is 0 Å². The van der Waals surface area contributed by atoms with E-state index in [4.69, 9.17) is 0 Å². The van der Waals surface area contributed by atoms with E-state index in [1.807, 2.05) is 7.05 Å². The number of carbonyl (C=O) groups is 2. The monoisotopic (exact) mass is 368 g/mol. The zero-order valence-electron chi connectivity index (χ0n) is 15.6. The lowest BCUT2D eigenvalue weighted by molar-refractivity contribution is 0.0935. The summed E-state index contributed by atoms with van der Waals surface area (Å²) in [5.74, 6) is -0.201. The van der Waals surface area contributed by atoms with Crippen LogP contribution in [0.15, 0.2) is 36.7 Å². The number of aryl methyl sites for hydroxylation is 2. The lowest BCUT2D eigenvalue weighted by Crippen LogP contribution is -2.31. The van der Waals surface area contributed by atoms with Crippen molar-refractivity contribution in [3.05, 3.63) is 76.4 Å². The third kappa shape index (κ3) is 3.53. The number of ketones is 1. The molecule has 3 aromatic rings. The van der Waals surface area contributed by atoms with E-state index in [9.17, 15) is 14.0 Å². The second-order valence-corrected chi connectivity index (χ2v) is 6.54. The molecule has 1 aromatic carbocycles. The third-order valence-corrected chi connectivity index (χ3v) is 4.61. The van der Waals surface area contributed by atoms with Crippen LogP contribution in [0.2, 0.25) is 0 Å². The number of aromatic amines is 1. The van der Waals surface area contributed by atoms with Crippen LogP contribution < -0.4 is 5.32 Å². The third-order valence-electron chi connectivity index (χ3n) is 4.61. The number of Topliss-reactive ketones (excluding diaryl/α,β-unsaturated/α-hetero) is 1. The average Bonchev–Trinajstić information content (AvgIpc) is 3.16. The normalized spacial score (nSPS) is 12.0. The van der Waals surface area contributed by atoms with Gasteiger partial charge in [-0.2, -0.15) is 0 Å². The number of aromatic nitrogens is 3. The SMILES string of the molecule is CC(=O)c1c(C)[nH]c(C(=O)NC(c2ccc(F)cc2)c2nccn2C)c1C. The number of rotatable bonds is 5. The number of hydrogen-bond acceptors (Lipinski definition) is 3. The van der Waals surface area contributed by atoms with Crippen LogP contribution in [0.1, 0.15) is 56.5 Å². The summed E-state index contributed by atoms with van der Waals surface area (Å²) in [5.41, 5.74) is 2.82. The average molecular weight is 368 g/mol. The first-order valence-electron chi connectivity index (χ1n) is 8.53. The van der Waals surface area contributed by atoms with E-state index in [1.54, 1.807) is 42.9 Å². The molecule has 0 aliphatic carbocycles. The fourth-order valence-electron chi connectivity index (χ4n) is 3.32. The summed E-state index contributed by atoms with van der Waals surface area (Å²) in [6.45, 7) is 4.97. The maximum absolute atomic E-state index is 13.3. The Hall–Kier alpha value is -3.22. The van der Waals surface area contributed by atoms with Gasteiger partial charge in [-0.25, -0.2) is 9.37 Å². The number of H-pyrrole nitrogens is 1. The van der Waals surface area contributed by atoms with Crippen LogP contribution in [0.3, 0.4) is 0 Å². The molecule has 2 N–H and O–H groups in total. The molecule has 2 heterocycles. The van der Waals surface area contributed by atoms with Gasteiger partial charge in [-0.15, -0.1) is 0 Å². The van der Waals surface area contributed by atoms with Crippen molar-refractivity contribution in [2.75, 3.05) is 0 Å². The van der Waals surface area contributed by atoms with Crippen molar-refractivity contribution in [1.29, 1.82) is 0 Å². The molecule has 0 saturated carbocycles. The molecule has 27 heavy (non-hydrogen) atoms. The van der Waals surface area contributed by atoms with Crippen molar-refractivity contribution in [2.24, 2.45) is 7.05 Å². The van der Waals surface area contributed by atoms with Crippen LogP contribution in [0, 0.1) is 19.7 Å².